The Morgan fingerprint density at radius 3 is 2.71 bits per heavy atom. The van der Waals surface area contributed by atoms with E-state index in [1.165, 1.54) is 0 Å². The molecule has 0 spiro atoms. The standard InChI is InChI=1S/C15H17N3O3/c16-15(7-3-4-8-15)14-17-13(21-18-14)12-9-19-10-5-1-2-6-11(10)20-12/h1-2,5-6,12H,3-4,7-9,16H2. The van der Waals surface area contributed by atoms with Crippen molar-refractivity contribution in [3.63, 3.8) is 0 Å². The first-order chi connectivity index (χ1) is 10.2. The summed E-state index contributed by atoms with van der Waals surface area (Å²) < 4.78 is 16.9. The monoisotopic (exact) mass is 287 g/mol. The van der Waals surface area contributed by atoms with Gasteiger partial charge in [-0.25, -0.2) is 0 Å². The predicted molar refractivity (Wildman–Crippen MR) is 73.9 cm³/mol. The Labute approximate surface area is 122 Å². The molecule has 1 unspecified atom stereocenters. The SMILES string of the molecule is NC1(c2noc(C3COc4ccccc4O3)n2)CCCC1. The maximum atomic E-state index is 6.34. The van der Waals surface area contributed by atoms with Gasteiger partial charge in [-0.3, -0.25) is 0 Å². The molecule has 0 amide bonds. The van der Waals surface area contributed by atoms with Gasteiger partial charge in [0.15, 0.2) is 17.3 Å². The molecule has 2 heterocycles. The molecular formula is C15H17N3O3. The minimum atomic E-state index is -0.449. The Morgan fingerprint density at radius 2 is 1.90 bits per heavy atom. The van der Waals surface area contributed by atoms with Crippen LogP contribution in [0.25, 0.3) is 0 Å². The number of aromatic nitrogens is 2. The number of hydrogen-bond acceptors (Lipinski definition) is 6. The van der Waals surface area contributed by atoms with E-state index < -0.39 is 5.54 Å². The summed E-state index contributed by atoms with van der Waals surface area (Å²) in [6.07, 6.45) is 3.63. The van der Waals surface area contributed by atoms with Crippen molar-refractivity contribution in [3.05, 3.63) is 36.0 Å². The average Bonchev–Trinajstić information content (AvgIpc) is 3.17. The first kappa shape index (κ1) is 12.6. The summed E-state index contributed by atoms with van der Waals surface area (Å²) in [6, 6.07) is 7.54. The van der Waals surface area contributed by atoms with E-state index in [-0.39, 0.29) is 6.10 Å². The highest BCUT2D eigenvalue weighted by Gasteiger charge is 2.37. The van der Waals surface area contributed by atoms with Gasteiger partial charge in [0, 0.05) is 0 Å². The highest BCUT2D eigenvalue weighted by molar-refractivity contribution is 5.40. The smallest absolute Gasteiger partial charge is 0.271 e. The molecule has 0 saturated heterocycles. The molecule has 1 aromatic heterocycles. The zero-order valence-electron chi connectivity index (χ0n) is 11.6. The first-order valence-electron chi connectivity index (χ1n) is 7.26. The maximum Gasteiger partial charge on any atom is 0.271 e. The van der Waals surface area contributed by atoms with Gasteiger partial charge in [-0.1, -0.05) is 30.1 Å². The fourth-order valence-electron chi connectivity index (χ4n) is 2.94. The van der Waals surface area contributed by atoms with Gasteiger partial charge in [0.25, 0.3) is 5.89 Å². The topological polar surface area (TPSA) is 83.4 Å². The Kier molecular flexibility index (Phi) is 2.85. The third kappa shape index (κ3) is 2.15. The number of para-hydroxylation sites is 2. The zero-order valence-corrected chi connectivity index (χ0v) is 11.6. The summed E-state index contributed by atoms with van der Waals surface area (Å²) in [5.41, 5.74) is 5.89. The van der Waals surface area contributed by atoms with Crippen molar-refractivity contribution >= 4 is 0 Å². The second-order valence-corrected chi connectivity index (χ2v) is 5.68. The number of benzene rings is 1. The second kappa shape index (κ2) is 4.73. The molecule has 0 radical (unpaired) electrons. The van der Waals surface area contributed by atoms with Crippen molar-refractivity contribution in [2.45, 2.75) is 37.3 Å². The second-order valence-electron chi connectivity index (χ2n) is 5.68. The molecule has 6 heteroatoms. The van der Waals surface area contributed by atoms with Gasteiger partial charge in [-0.05, 0) is 25.0 Å². The number of rotatable bonds is 2. The number of fused-ring (bicyclic) bond motifs is 1. The molecule has 2 aromatic rings. The van der Waals surface area contributed by atoms with E-state index in [0.717, 1.165) is 31.4 Å². The predicted octanol–water partition coefficient (Wildman–Crippen LogP) is 2.31. The molecule has 110 valence electrons. The quantitative estimate of drug-likeness (QED) is 0.912. The van der Waals surface area contributed by atoms with E-state index in [0.29, 0.717) is 24.1 Å². The van der Waals surface area contributed by atoms with Crippen molar-refractivity contribution in [1.82, 2.24) is 10.1 Å². The van der Waals surface area contributed by atoms with E-state index in [4.69, 9.17) is 19.7 Å². The van der Waals surface area contributed by atoms with E-state index in [1.807, 2.05) is 24.3 Å². The summed E-state index contributed by atoms with van der Waals surface area (Å²) in [4.78, 5) is 4.45. The molecule has 2 N–H and O–H groups in total. The van der Waals surface area contributed by atoms with Gasteiger partial charge < -0.3 is 19.7 Å². The van der Waals surface area contributed by atoms with Gasteiger partial charge in [0.05, 0.1) is 5.54 Å². The van der Waals surface area contributed by atoms with Gasteiger partial charge in [-0.2, -0.15) is 4.98 Å². The lowest BCUT2D eigenvalue weighted by Gasteiger charge is -2.23. The number of nitrogens with two attached hydrogens (primary N) is 1. The first-order valence-corrected chi connectivity index (χ1v) is 7.26. The molecule has 21 heavy (non-hydrogen) atoms. The van der Waals surface area contributed by atoms with E-state index >= 15 is 0 Å². The van der Waals surface area contributed by atoms with Gasteiger partial charge in [0.1, 0.15) is 6.61 Å². The highest BCUT2D eigenvalue weighted by atomic mass is 16.6. The molecule has 1 fully saturated rings. The van der Waals surface area contributed by atoms with Gasteiger partial charge >= 0.3 is 0 Å². The Hall–Kier alpha value is -2.08. The van der Waals surface area contributed by atoms with Crippen LogP contribution >= 0.6 is 0 Å². The van der Waals surface area contributed by atoms with Crippen LogP contribution in [0.2, 0.25) is 0 Å². The third-order valence-electron chi connectivity index (χ3n) is 4.17. The fraction of sp³-hybridized carbons (Fsp3) is 0.467. The van der Waals surface area contributed by atoms with Crippen molar-refractivity contribution in [2.75, 3.05) is 6.61 Å². The number of ether oxygens (including phenoxy) is 2. The lowest BCUT2D eigenvalue weighted by Crippen LogP contribution is -2.34. The molecule has 1 aromatic carbocycles. The molecule has 1 aliphatic heterocycles. The summed E-state index contributed by atoms with van der Waals surface area (Å²) in [5, 5.41) is 4.05. The Bertz CT molecular complexity index is 649. The average molecular weight is 287 g/mol. The minimum absolute atomic E-state index is 0.357. The maximum absolute atomic E-state index is 6.34. The van der Waals surface area contributed by atoms with Gasteiger partial charge in [-0.15, -0.1) is 0 Å². The molecule has 1 atom stereocenters. The molecule has 1 aliphatic carbocycles. The van der Waals surface area contributed by atoms with Crippen LogP contribution in [0.3, 0.4) is 0 Å². The fourth-order valence-corrected chi connectivity index (χ4v) is 2.94. The lowest BCUT2D eigenvalue weighted by atomic mass is 9.99. The largest absolute Gasteiger partial charge is 0.485 e. The van der Waals surface area contributed by atoms with E-state index in [9.17, 15) is 0 Å². The molecule has 1 saturated carbocycles. The van der Waals surface area contributed by atoms with Crippen LogP contribution in [0.5, 0.6) is 11.5 Å². The van der Waals surface area contributed by atoms with Crippen molar-refractivity contribution in [3.8, 4) is 11.5 Å². The van der Waals surface area contributed by atoms with E-state index in [1.54, 1.807) is 0 Å². The van der Waals surface area contributed by atoms with Crippen LogP contribution in [0, 0.1) is 0 Å². The number of nitrogens with zero attached hydrogens (tertiary/aromatic N) is 2. The normalized spacial score (nSPS) is 23.2. The summed E-state index contributed by atoms with van der Waals surface area (Å²) in [6.45, 7) is 0.357. The third-order valence-corrected chi connectivity index (χ3v) is 4.17. The lowest BCUT2D eigenvalue weighted by molar-refractivity contribution is 0.0665. The van der Waals surface area contributed by atoms with Crippen LogP contribution < -0.4 is 15.2 Å². The minimum Gasteiger partial charge on any atom is -0.485 e. The van der Waals surface area contributed by atoms with E-state index in [2.05, 4.69) is 10.1 Å². The summed E-state index contributed by atoms with van der Waals surface area (Å²) in [7, 11) is 0. The summed E-state index contributed by atoms with van der Waals surface area (Å²) >= 11 is 0. The van der Waals surface area contributed by atoms with Gasteiger partial charge in [0.2, 0.25) is 6.10 Å². The Balaban J connectivity index is 1.57. The van der Waals surface area contributed by atoms with Crippen LogP contribution in [0.4, 0.5) is 0 Å². The van der Waals surface area contributed by atoms with Crippen LogP contribution in [-0.4, -0.2) is 16.7 Å². The molecular weight excluding hydrogens is 270 g/mol. The van der Waals surface area contributed by atoms with Crippen LogP contribution in [0.15, 0.2) is 28.8 Å². The highest BCUT2D eigenvalue weighted by Crippen LogP contribution is 2.37. The Morgan fingerprint density at radius 1 is 1.14 bits per heavy atom. The molecule has 2 aliphatic rings. The van der Waals surface area contributed by atoms with Crippen molar-refractivity contribution in [2.24, 2.45) is 5.73 Å². The van der Waals surface area contributed by atoms with Crippen molar-refractivity contribution < 1.29 is 14.0 Å². The summed E-state index contributed by atoms with van der Waals surface area (Å²) in [5.74, 6) is 2.44. The van der Waals surface area contributed by atoms with Crippen molar-refractivity contribution in [1.29, 1.82) is 0 Å². The van der Waals surface area contributed by atoms with Crippen LogP contribution in [-0.2, 0) is 5.54 Å². The number of hydrogen-bond donors (Lipinski definition) is 1. The molecule has 0 bridgehead atoms. The molecule has 4 rings (SSSR count). The van der Waals surface area contributed by atoms with Crippen LogP contribution in [0.1, 0.15) is 43.5 Å². The zero-order chi connectivity index (χ0) is 14.3. The molecule has 6 nitrogen and oxygen atoms in total.